The Kier molecular flexibility index (Phi) is 6.64. The lowest BCUT2D eigenvalue weighted by atomic mass is 10.1. The second-order valence-electron chi connectivity index (χ2n) is 6.00. The summed E-state index contributed by atoms with van der Waals surface area (Å²) in [6.07, 6.45) is 0.753. The minimum absolute atomic E-state index is 0.151. The number of benzene rings is 2. The topological polar surface area (TPSA) is 73.3 Å². The lowest BCUT2D eigenvalue weighted by Crippen LogP contribution is -2.25. The van der Waals surface area contributed by atoms with Crippen molar-refractivity contribution >= 4 is 5.91 Å². The third-order valence-corrected chi connectivity index (χ3v) is 3.91. The first-order chi connectivity index (χ1) is 13.7. The Morgan fingerprint density at radius 3 is 2.61 bits per heavy atom. The Hall–Kier alpha value is -3.32. The third-order valence-electron chi connectivity index (χ3n) is 3.91. The molecule has 0 atom stereocenters. The van der Waals surface area contributed by atoms with Crippen LogP contribution in [-0.4, -0.2) is 36.4 Å². The molecule has 3 rings (SSSR count). The highest BCUT2D eigenvalue weighted by molar-refractivity contribution is 5.95. The van der Waals surface area contributed by atoms with Crippen molar-refractivity contribution in [1.29, 1.82) is 0 Å². The van der Waals surface area contributed by atoms with Gasteiger partial charge in [0.2, 0.25) is 5.88 Å². The number of carbonyl (C=O) groups excluding carboxylic acids is 1. The van der Waals surface area contributed by atoms with Crippen LogP contribution in [-0.2, 0) is 4.74 Å². The van der Waals surface area contributed by atoms with Crippen LogP contribution < -0.4 is 10.1 Å². The molecule has 0 unspecified atom stereocenters. The van der Waals surface area contributed by atoms with Crippen LogP contribution in [0, 0.1) is 5.82 Å². The normalized spacial score (nSPS) is 10.5. The molecule has 1 amide bonds. The minimum atomic E-state index is -0.337. The molecule has 0 saturated carbocycles. The average molecular weight is 381 g/mol. The van der Waals surface area contributed by atoms with Gasteiger partial charge in [-0.15, -0.1) is 10.2 Å². The molecule has 144 valence electrons. The van der Waals surface area contributed by atoms with Crippen LogP contribution in [0.5, 0.6) is 11.6 Å². The molecular weight excluding hydrogens is 361 g/mol. The van der Waals surface area contributed by atoms with Crippen LogP contribution in [0.2, 0.25) is 0 Å². The van der Waals surface area contributed by atoms with Crippen molar-refractivity contribution < 1.29 is 18.7 Å². The zero-order chi connectivity index (χ0) is 19.8. The molecule has 2 aromatic carbocycles. The largest absolute Gasteiger partial charge is 0.438 e. The molecule has 0 aliphatic carbocycles. The van der Waals surface area contributed by atoms with E-state index in [-0.39, 0.29) is 11.7 Å². The quantitative estimate of drug-likeness (QED) is 0.600. The standard InChI is InChI=1S/C21H20FN3O3/c1-27-13-3-12-23-21(26)16-5-2-4-15(14-16)19-10-11-20(25-24-19)28-18-8-6-17(22)7-9-18/h2,4-11,14H,3,12-13H2,1H3,(H,23,26). The van der Waals surface area contributed by atoms with Gasteiger partial charge in [0.15, 0.2) is 0 Å². The van der Waals surface area contributed by atoms with E-state index in [0.29, 0.717) is 36.0 Å². The fourth-order valence-electron chi connectivity index (χ4n) is 2.49. The number of nitrogens with one attached hydrogen (secondary N) is 1. The number of halogens is 1. The molecule has 3 aromatic rings. The molecule has 0 radical (unpaired) electrons. The van der Waals surface area contributed by atoms with Gasteiger partial charge in [-0.3, -0.25) is 4.79 Å². The highest BCUT2D eigenvalue weighted by Gasteiger charge is 2.08. The summed E-state index contributed by atoms with van der Waals surface area (Å²) in [7, 11) is 1.63. The summed E-state index contributed by atoms with van der Waals surface area (Å²) in [6.45, 7) is 1.15. The van der Waals surface area contributed by atoms with Crippen LogP contribution in [0.25, 0.3) is 11.3 Å². The molecule has 7 heteroatoms. The highest BCUT2D eigenvalue weighted by Crippen LogP contribution is 2.22. The summed E-state index contributed by atoms with van der Waals surface area (Å²) in [4.78, 5) is 12.2. The predicted molar refractivity (Wildman–Crippen MR) is 103 cm³/mol. The highest BCUT2D eigenvalue weighted by atomic mass is 19.1. The van der Waals surface area contributed by atoms with E-state index in [1.807, 2.05) is 6.07 Å². The SMILES string of the molecule is COCCCNC(=O)c1cccc(-c2ccc(Oc3ccc(F)cc3)nn2)c1. The second-order valence-corrected chi connectivity index (χ2v) is 6.00. The van der Waals surface area contributed by atoms with E-state index in [0.717, 1.165) is 12.0 Å². The van der Waals surface area contributed by atoms with Gasteiger partial charge < -0.3 is 14.8 Å². The molecule has 1 N–H and O–H groups in total. The number of nitrogens with zero attached hydrogens (tertiary/aromatic N) is 2. The van der Waals surface area contributed by atoms with Gasteiger partial charge in [0, 0.05) is 37.5 Å². The van der Waals surface area contributed by atoms with Gasteiger partial charge >= 0.3 is 0 Å². The van der Waals surface area contributed by atoms with Gasteiger partial charge in [-0.2, -0.15) is 0 Å². The second kappa shape index (κ2) is 9.57. The first-order valence-electron chi connectivity index (χ1n) is 8.80. The van der Waals surface area contributed by atoms with Gasteiger partial charge in [0.1, 0.15) is 11.6 Å². The predicted octanol–water partition coefficient (Wildman–Crippen LogP) is 3.84. The maximum absolute atomic E-state index is 12.9. The van der Waals surface area contributed by atoms with Gasteiger partial charge in [-0.05, 0) is 48.9 Å². The van der Waals surface area contributed by atoms with Crippen LogP contribution in [0.3, 0.4) is 0 Å². The molecular formula is C21H20FN3O3. The van der Waals surface area contributed by atoms with E-state index >= 15 is 0 Å². The molecule has 0 bridgehead atoms. The summed E-state index contributed by atoms with van der Waals surface area (Å²) in [6, 6.07) is 16.2. The number of carbonyl (C=O) groups is 1. The first kappa shape index (κ1) is 19.4. The molecule has 0 fully saturated rings. The lowest BCUT2D eigenvalue weighted by molar-refractivity contribution is 0.0948. The molecule has 1 heterocycles. The number of hydrogen-bond acceptors (Lipinski definition) is 5. The van der Waals surface area contributed by atoms with Gasteiger partial charge in [0.25, 0.3) is 5.91 Å². The Labute approximate surface area is 162 Å². The Balaban J connectivity index is 1.66. The first-order valence-corrected chi connectivity index (χ1v) is 8.80. The zero-order valence-electron chi connectivity index (χ0n) is 15.4. The van der Waals surface area contributed by atoms with Crippen LogP contribution in [0.1, 0.15) is 16.8 Å². The Morgan fingerprint density at radius 1 is 1.07 bits per heavy atom. The van der Waals surface area contributed by atoms with Crippen LogP contribution >= 0.6 is 0 Å². The number of rotatable bonds is 8. The molecule has 0 spiro atoms. The zero-order valence-corrected chi connectivity index (χ0v) is 15.4. The van der Waals surface area contributed by atoms with E-state index < -0.39 is 0 Å². The Bertz CT molecular complexity index is 915. The summed E-state index contributed by atoms with van der Waals surface area (Å²) in [5.74, 6) is 0.275. The molecule has 1 aromatic heterocycles. The number of ether oxygens (including phenoxy) is 2. The van der Waals surface area contributed by atoms with Gasteiger partial charge in [-0.1, -0.05) is 12.1 Å². The van der Waals surface area contributed by atoms with Crippen molar-refractivity contribution in [2.24, 2.45) is 0 Å². The van der Waals surface area contributed by atoms with Crippen molar-refractivity contribution in [2.75, 3.05) is 20.3 Å². The molecule has 0 aliphatic heterocycles. The number of amides is 1. The van der Waals surface area contributed by atoms with E-state index in [2.05, 4.69) is 15.5 Å². The molecule has 6 nitrogen and oxygen atoms in total. The van der Waals surface area contributed by atoms with Gasteiger partial charge in [-0.25, -0.2) is 4.39 Å². The van der Waals surface area contributed by atoms with Crippen LogP contribution in [0.15, 0.2) is 60.7 Å². The van der Waals surface area contributed by atoms with Crippen molar-refractivity contribution in [3.63, 3.8) is 0 Å². The monoisotopic (exact) mass is 381 g/mol. The van der Waals surface area contributed by atoms with Crippen LogP contribution in [0.4, 0.5) is 4.39 Å². The summed E-state index contributed by atoms with van der Waals surface area (Å²) in [5, 5.41) is 11.0. The third kappa shape index (κ3) is 5.34. The van der Waals surface area contributed by atoms with Crippen molar-refractivity contribution in [3.8, 4) is 22.9 Å². The van der Waals surface area contributed by atoms with E-state index in [4.69, 9.17) is 9.47 Å². The summed E-state index contributed by atoms with van der Waals surface area (Å²) >= 11 is 0. The van der Waals surface area contributed by atoms with Crippen molar-refractivity contribution in [1.82, 2.24) is 15.5 Å². The maximum atomic E-state index is 12.9. The van der Waals surface area contributed by atoms with E-state index in [9.17, 15) is 9.18 Å². The lowest BCUT2D eigenvalue weighted by Gasteiger charge is -2.07. The summed E-state index contributed by atoms with van der Waals surface area (Å²) < 4.78 is 23.4. The molecule has 28 heavy (non-hydrogen) atoms. The Morgan fingerprint density at radius 2 is 1.89 bits per heavy atom. The maximum Gasteiger partial charge on any atom is 0.251 e. The fraction of sp³-hybridized carbons (Fsp3) is 0.190. The molecule has 0 aliphatic rings. The number of methoxy groups -OCH3 is 1. The molecule has 0 saturated heterocycles. The smallest absolute Gasteiger partial charge is 0.251 e. The van der Waals surface area contributed by atoms with Crippen molar-refractivity contribution in [2.45, 2.75) is 6.42 Å². The number of hydrogen-bond donors (Lipinski definition) is 1. The summed E-state index contributed by atoms with van der Waals surface area (Å²) in [5.41, 5.74) is 1.93. The number of aromatic nitrogens is 2. The average Bonchev–Trinajstić information content (AvgIpc) is 2.73. The fourth-order valence-corrected chi connectivity index (χ4v) is 2.49. The van der Waals surface area contributed by atoms with Crippen molar-refractivity contribution in [3.05, 3.63) is 72.0 Å². The van der Waals surface area contributed by atoms with E-state index in [1.165, 1.54) is 24.3 Å². The van der Waals surface area contributed by atoms with Gasteiger partial charge in [0.05, 0.1) is 5.69 Å². The minimum Gasteiger partial charge on any atom is -0.438 e. The van der Waals surface area contributed by atoms with E-state index in [1.54, 1.807) is 37.4 Å².